The molecule has 0 amide bonds. The van der Waals surface area contributed by atoms with Gasteiger partial charge in [-0.2, -0.15) is 0 Å². The van der Waals surface area contributed by atoms with Gasteiger partial charge < -0.3 is 21.1 Å². The number of hydrogen-bond donors (Lipinski definition) is 4. The predicted molar refractivity (Wildman–Crippen MR) is 63.3 cm³/mol. The second-order valence-corrected chi connectivity index (χ2v) is 4.09. The molecule has 4 nitrogen and oxygen atoms in total. The Hall–Kier alpha value is -0.810. The van der Waals surface area contributed by atoms with Crippen molar-refractivity contribution in [2.75, 3.05) is 12.3 Å². The van der Waals surface area contributed by atoms with E-state index in [9.17, 15) is 10.2 Å². The third-order valence-corrected chi connectivity index (χ3v) is 3.07. The van der Waals surface area contributed by atoms with E-state index in [-0.39, 0.29) is 13.0 Å². The van der Waals surface area contributed by atoms with E-state index in [0.717, 1.165) is 0 Å². The van der Waals surface area contributed by atoms with Crippen LogP contribution < -0.4 is 5.73 Å². The molecule has 0 saturated carbocycles. The van der Waals surface area contributed by atoms with Gasteiger partial charge in [0, 0.05) is 17.9 Å². The zero-order chi connectivity index (χ0) is 12.3. The van der Waals surface area contributed by atoms with Crippen molar-refractivity contribution in [3.63, 3.8) is 0 Å². The maximum Gasteiger partial charge on any atom is 0.106 e. The third-order valence-electron chi connectivity index (χ3n) is 2.57. The van der Waals surface area contributed by atoms with Crippen molar-refractivity contribution in [1.82, 2.24) is 0 Å². The van der Waals surface area contributed by atoms with Crippen LogP contribution in [0.15, 0.2) is 12.1 Å². The van der Waals surface area contributed by atoms with Crippen molar-refractivity contribution < 1.29 is 15.3 Å². The molecule has 0 aromatic heterocycles. The summed E-state index contributed by atoms with van der Waals surface area (Å²) in [6.45, 7) is 1.55. The first-order valence-corrected chi connectivity index (χ1v) is 5.38. The molecule has 0 aliphatic rings. The van der Waals surface area contributed by atoms with Gasteiger partial charge in [-0.1, -0.05) is 17.7 Å². The molecule has 2 unspecified atom stereocenters. The van der Waals surface area contributed by atoms with Crippen LogP contribution in [0, 0.1) is 6.92 Å². The number of nitrogens with two attached hydrogens (primary N) is 1. The average Bonchev–Trinajstić information content (AvgIpc) is 2.26. The molecule has 0 bridgehead atoms. The van der Waals surface area contributed by atoms with E-state index >= 15 is 0 Å². The lowest BCUT2D eigenvalue weighted by Gasteiger charge is -2.19. The van der Waals surface area contributed by atoms with E-state index in [1.54, 1.807) is 19.1 Å². The molecule has 0 radical (unpaired) electrons. The van der Waals surface area contributed by atoms with Gasteiger partial charge >= 0.3 is 0 Å². The van der Waals surface area contributed by atoms with Gasteiger partial charge in [0.25, 0.3) is 0 Å². The number of hydrogen-bond acceptors (Lipinski definition) is 4. The normalized spacial score (nSPS) is 14.8. The molecular formula is C11H16ClNO3. The molecule has 90 valence electrons. The standard InChI is InChI=1S/C11H16ClNO3/c1-6-8(13)3-2-7(10(6)12)11(16)9(15)4-5-14/h2-3,9,11,14-16H,4-5,13H2,1H3. The number of aliphatic hydroxyl groups is 3. The zero-order valence-electron chi connectivity index (χ0n) is 9.02. The van der Waals surface area contributed by atoms with Crippen LogP contribution in [0.4, 0.5) is 5.69 Å². The fraction of sp³-hybridized carbons (Fsp3) is 0.455. The number of halogens is 1. The number of nitrogen functional groups attached to an aromatic ring is 1. The Kier molecular flexibility index (Phi) is 4.56. The highest BCUT2D eigenvalue weighted by atomic mass is 35.5. The van der Waals surface area contributed by atoms with Crippen LogP contribution in [0.3, 0.4) is 0 Å². The molecule has 1 aromatic carbocycles. The topological polar surface area (TPSA) is 86.7 Å². The minimum absolute atomic E-state index is 0.0981. The molecule has 2 atom stereocenters. The summed E-state index contributed by atoms with van der Waals surface area (Å²) in [6, 6.07) is 3.21. The fourth-order valence-corrected chi connectivity index (χ4v) is 1.73. The van der Waals surface area contributed by atoms with Gasteiger partial charge in [-0.25, -0.2) is 0 Å². The van der Waals surface area contributed by atoms with Crippen LogP contribution in [0.25, 0.3) is 0 Å². The average molecular weight is 246 g/mol. The van der Waals surface area contributed by atoms with Crippen LogP contribution in [0.1, 0.15) is 23.7 Å². The van der Waals surface area contributed by atoms with Crippen LogP contribution in [0.5, 0.6) is 0 Å². The summed E-state index contributed by atoms with van der Waals surface area (Å²) in [5, 5.41) is 28.4. The SMILES string of the molecule is Cc1c(N)ccc(C(O)C(O)CCO)c1Cl. The first kappa shape index (κ1) is 13.3. The lowest BCUT2D eigenvalue weighted by Crippen LogP contribution is -2.20. The van der Waals surface area contributed by atoms with E-state index in [1.165, 1.54) is 0 Å². The summed E-state index contributed by atoms with van der Waals surface area (Å²) in [4.78, 5) is 0. The Bertz CT molecular complexity index is 370. The summed E-state index contributed by atoms with van der Waals surface area (Å²) < 4.78 is 0. The van der Waals surface area contributed by atoms with Crippen molar-refractivity contribution in [2.45, 2.75) is 25.6 Å². The lowest BCUT2D eigenvalue weighted by molar-refractivity contribution is 0.00425. The summed E-state index contributed by atoms with van der Waals surface area (Å²) in [5.74, 6) is 0. The van der Waals surface area contributed by atoms with Gasteiger partial charge in [0.1, 0.15) is 6.10 Å². The minimum Gasteiger partial charge on any atom is -0.398 e. The van der Waals surface area contributed by atoms with Gasteiger partial charge in [0.15, 0.2) is 0 Å². The lowest BCUT2D eigenvalue weighted by atomic mass is 9.99. The van der Waals surface area contributed by atoms with Crippen LogP contribution in [-0.4, -0.2) is 28.0 Å². The van der Waals surface area contributed by atoms with Crippen LogP contribution in [-0.2, 0) is 0 Å². The molecule has 0 aliphatic heterocycles. The first-order chi connectivity index (χ1) is 7.49. The second kappa shape index (κ2) is 5.50. The summed E-state index contributed by atoms with van der Waals surface area (Å²) >= 11 is 6.02. The van der Waals surface area contributed by atoms with Crippen molar-refractivity contribution in [3.8, 4) is 0 Å². The monoisotopic (exact) mass is 245 g/mol. The van der Waals surface area contributed by atoms with E-state index < -0.39 is 12.2 Å². The molecular weight excluding hydrogens is 230 g/mol. The van der Waals surface area contributed by atoms with E-state index in [4.69, 9.17) is 22.4 Å². The number of benzene rings is 1. The van der Waals surface area contributed by atoms with Gasteiger partial charge in [0.2, 0.25) is 0 Å². The van der Waals surface area contributed by atoms with Crippen molar-refractivity contribution in [1.29, 1.82) is 0 Å². The summed E-state index contributed by atoms with van der Waals surface area (Å²) in [5.41, 5.74) is 7.30. The predicted octanol–water partition coefficient (Wildman–Crippen LogP) is 1.01. The molecule has 5 N–H and O–H groups in total. The van der Waals surface area contributed by atoms with Gasteiger partial charge in [0.05, 0.1) is 11.1 Å². The first-order valence-electron chi connectivity index (χ1n) is 5.00. The molecule has 0 aliphatic carbocycles. The zero-order valence-corrected chi connectivity index (χ0v) is 9.78. The van der Waals surface area contributed by atoms with Crippen LogP contribution >= 0.6 is 11.6 Å². The second-order valence-electron chi connectivity index (χ2n) is 3.71. The Balaban J connectivity index is 3.00. The molecule has 0 saturated heterocycles. The van der Waals surface area contributed by atoms with E-state index in [0.29, 0.717) is 21.8 Å². The molecule has 0 fully saturated rings. The third kappa shape index (κ3) is 2.65. The fourth-order valence-electron chi connectivity index (χ4n) is 1.45. The highest BCUT2D eigenvalue weighted by molar-refractivity contribution is 6.32. The molecule has 16 heavy (non-hydrogen) atoms. The minimum atomic E-state index is -1.11. The van der Waals surface area contributed by atoms with Crippen molar-refractivity contribution in [2.24, 2.45) is 0 Å². The van der Waals surface area contributed by atoms with Gasteiger partial charge in [-0.05, 0) is 25.0 Å². The van der Waals surface area contributed by atoms with Crippen LogP contribution in [0.2, 0.25) is 5.02 Å². The molecule has 5 heteroatoms. The Morgan fingerprint density at radius 2 is 2.00 bits per heavy atom. The maximum atomic E-state index is 9.83. The Labute approximate surface area is 99.3 Å². The highest BCUT2D eigenvalue weighted by Gasteiger charge is 2.21. The molecule has 0 spiro atoms. The summed E-state index contributed by atoms with van der Waals surface area (Å²) in [7, 11) is 0. The Morgan fingerprint density at radius 1 is 1.38 bits per heavy atom. The van der Waals surface area contributed by atoms with Gasteiger partial charge in [-0.3, -0.25) is 0 Å². The number of aliphatic hydroxyl groups excluding tert-OH is 3. The number of rotatable bonds is 4. The Morgan fingerprint density at radius 3 is 2.56 bits per heavy atom. The quantitative estimate of drug-likeness (QED) is 0.597. The number of anilines is 1. The highest BCUT2D eigenvalue weighted by Crippen LogP contribution is 2.31. The molecule has 0 heterocycles. The van der Waals surface area contributed by atoms with E-state index in [1.807, 2.05) is 0 Å². The van der Waals surface area contributed by atoms with Gasteiger partial charge in [-0.15, -0.1) is 0 Å². The largest absolute Gasteiger partial charge is 0.398 e. The molecule has 1 aromatic rings. The molecule has 1 rings (SSSR count). The summed E-state index contributed by atoms with van der Waals surface area (Å²) in [6.07, 6.45) is -2.05. The van der Waals surface area contributed by atoms with E-state index in [2.05, 4.69) is 0 Å². The van der Waals surface area contributed by atoms with Crippen molar-refractivity contribution in [3.05, 3.63) is 28.3 Å². The van der Waals surface area contributed by atoms with Crippen molar-refractivity contribution >= 4 is 17.3 Å². The smallest absolute Gasteiger partial charge is 0.106 e. The maximum absolute atomic E-state index is 9.83.